The van der Waals surface area contributed by atoms with Crippen molar-refractivity contribution in [3.05, 3.63) is 108 Å². The summed E-state index contributed by atoms with van der Waals surface area (Å²) in [4.78, 5) is 24.6. The first-order chi connectivity index (χ1) is 17.6. The first-order valence-corrected chi connectivity index (χ1v) is 11.7. The lowest BCUT2D eigenvalue weighted by molar-refractivity contribution is 0.0732. The molecule has 36 heavy (non-hydrogen) atoms. The molecule has 1 saturated heterocycles. The molecule has 8 nitrogen and oxygen atoms in total. The predicted octanol–water partition coefficient (Wildman–Crippen LogP) is 4.60. The van der Waals surface area contributed by atoms with Crippen molar-refractivity contribution >= 4 is 11.6 Å². The predicted molar refractivity (Wildman–Crippen MR) is 134 cm³/mol. The fourth-order valence-electron chi connectivity index (χ4n) is 4.39. The van der Waals surface area contributed by atoms with E-state index in [1.54, 1.807) is 4.90 Å². The van der Waals surface area contributed by atoms with Gasteiger partial charge in [0.25, 0.3) is 11.8 Å². The van der Waals surface area contributed by atoms with Crippen LogP contribution in [0.5, 0.6) is 0 Å². The smallest absolute Gasteiger partial charge is 0.255 e. The monoisotopic (exact) mass is 482 g/mol. The van der Waals surface area contributed by atoms with Crippen molar-refractivity contribution in [2.45, 2.75) is 25.0 Å². The van der Waals surface area contributed by atoms with Gasteiger partial charge in [0.2, 0.25) is 0 Å². The fourth-order valence-corrected chi connectivity index (χ4v) is 4.39. The maximum atomic E-state index is 13.5. The lowest BCUT2D eigenvalue weighted by atomic mass is 10.0. The van der Waals surface area contributed by atoms with E-state index in [0.29, 0.717) is 29.9 Å². The van der Waals surface area contributed by atoms with Crippen LogP contribution in [0.4, 0.5) is 0 Å². The van der Waals surface area contributed by atoms with Crippen LogP contribution in [-0.4, -0.2) is 45.4 Å². The van der Waals surface area contributed by atoms with Crippen LogP contribution >= 0.6 is 0 Å². The van der Waals surface area contributed by atoms with Crippen LogP contribution in [0.3, 0.4) is 0 Å². The number of likely N-dealkylation sites (tertiary alicyclic amines) is 1. The minimum absolute atomic E-state index is 0.116. The van der Waals surface area contributed by atoms with E-state index in [1.165, 1.54) is 7.11 Å². The van der Waals surface area contributed by atoms with Gasteiger partial charge in [0, 0.05) is 18.4 Å². The molecule has 0 aliphatic carbocycles. The molecule has 0 bridgehead atoms. The summed E-state index contributed by atoms with van der Waals surface area (Å²) in [6.07, 6.45) is -0.188. The zero-order valence-electron chi connectivity index (χ0n) is 19.8. The van der Waals surface area contributed by atoms with Crippen LogP contribution in [0.2, 0.25) is 0 Å². The van der Waals surface area contributed by atoms with Gasteiger partial charge in [-0.2, -0.15) is 4.98 Å². The fraction of sp³-hybridized carbons (Fsp3) is 0.214. The third kappa shape index (κ3) is 5.04. The van der Waals surface area contributed by atoms with Crippen molar-refractivity contribution in [2.75, 3.05) is 13.7 Å². The highest BCUT2D eigenvalue weighted by atomic mass is 16.6. The molecule has 1 aliphatic rings. The van der Waals surface area contributed by atoms with Crippen molar-refractivity contribution in [3.8, 4) is 11.1 Å². The van der Waals surface area contributed by atoms with Crippen LogP contribution in [0.25, 0.3) is 11.1 Å². The van der Waals surface area contributed by atoms with Crippen molar-refractivity contribution in [1.82, 2.24) is 15.0 Å². The number of benzene rings is 3. The van der Waals surface area contributed by atoms with Gasteiger partial charge in [0.15, 0.2) is 5.82 Å². The molecule has 8 heteroatoms. The van der Waals surface area contributed by atoms with Gasteiger partial charge in [-0.05, 0) is 28.8 Å². The normalized spacial score (nSPS) is 17.3. The average molecular weight is 483 g/mol. The van der Waals surface area contributed by atoms with E-state index in [0.717, 1.165) is 16.7 Å². The zero-order chi connectivity index (χ0) is 24.9. The van der Waals surface area contributed by atoms with Gasteiger partial charge in [-0.15, -0.1) is 0 Å². The molecule has 0 spiro atoms. The maximum absolute atomic E-state index is 13.5. The van der Waals surface area contributed by atoms with E-state index in [9.17, 15) is 9.90 Å². The number of aliphatic hydroxyl groups excluding tert-OH is 1. The molecule has 2 unspecified atom stereocenters. The van der Waals surface area contributed by atoms with Crippen LogP contribution in [0.15, 0.2) is 94.6 Å². The standard InChI is InChI=1S/C28H26N4O4/c1-35-30-23-17-24(26-29-27(36-31-26)25(33)16-19-8-4-2-5-9-19)32(18-23)28(34)22-14-12-21(13-15-22)20-10-6-3-7-11-20/h2-15,24-25,33H,16-18H2,1H3/b30-23+. The molecule has 4 aromatic rings. The number of aliphatic hydroxyl groups is 1. The van der Waals surface area contributed by atoms with Crippen molar-refractivity contribution in [2.24, 2.45) is 5.16 Å². The lowest BCUT2D eigenvalue weighted by Gasteiger charge is -2.21. The molecule has 2 heterocycles. The summed E-state index contributed by atoms with van der Waals surface area (Å²) in [5.41, 5.74) is 4.32. The molecule has 1 fully saturated rings. The number of carbonyl (C=O) groups excluding carboxylic acids is 1. The third-order valence-corrected chi connectivity index (χ3v) is 6.19. The molecule has 0 radical (unpaired) electrons. The molecule has 1 aliphatic heterocycles. The van der Waals surface area contributed by atoms with E-state index < -0.39 is 12.1 Å². The Morgan fingerprint density at radius 3 is 2.42 bits per heavy atom. The second kappa shape index (κ2) is 10.5. The van der Waals surface area contributed by atoms with Crippen molar-refractivity contribution in [1.29, 1.82) is 0 Å². The molecule has 182 valence electrons. The van der Waals surface area contributed by atoms with E-state index in [1.807, 2.05) is 84.9 Å². The third-order valence-electron chi connectivity index (χ3n) is 6.19. The van der Waals surface area contributed by atoms with E-state index >= 15 is 0 Å². The van der Waals surface area contributed by atoms with Crippen LogP contribution in [0, 0.1) is 0 Å². The highest BCUT2D eigenvalue weighted by molar-refractivity contribution is 6.00. The number of carbonyl (C=O) groups is 1. The topological polar surface area (TPSA) is 101 Å². The largest absolute Gasteiger partial charge is 0.399 e. The van der Waals surface area contributed by atoms with E-state index in [-0.39, 0.29) is 18.3 Å². The molecular formula is C28H26N4O4. The Bertz CT molecular complexity index is 1340. The first-order valence-electron chi connectivity index (χ1n) is 11.7. The number of amides is 1. The number of hydrogen-bond acceptors (Lipinski definition) is 7. The molecule has 1 N–H and O–H groups in total. The minimum Gasteiger partial charge on any atom is -0.399 e. The summed E-state index contributed by atoms with van der Waals surface area (Å²) in [6.45, 7) is 0.286. The number of nitrogens with zero attached hydrogens (tertiary/aromatic N) is 4. The Labute approximate surface area is 208 Å². The Morgan fingerprint density at radius 2 is 1.72 bits per heavy atom. The van der Waals surface area contributed by atoms with Gasteiger partial charge < -0.3 is 19.4 Å². The summed E-state index contributed by atoms with van der Waals surface area (Å²) in [5.74, 6) is 0.273. The molecule has 2 atom stereocenters. The van der Waals surface area contributed by atoms with E-state index in [4.69, 9.17) is 9.36 Å². The second-order valence-electron chi connectivity index (χ2n) is 8.63. The SMILES string of the molecule is CO/N=C1\CC(c2noc(C(O)Cc3ccccc3)n2)N(C(=O)c2ccc(-c3ccccc3)cc2)C1. The van der Waals surface area contributed by atoms with Gasteiger partial charge >= 0.3 is 0 Å². The number of oxime groups is 1. The molecule has 0 saturated carbocycles. The van der Waals surface area contributed by atoms with Crippen molar-refractivity contribution in [3.63, 3.8) is 0 Å². The summed E-state index contributed by atoms with van der Waals surface area (Å²) >= 11 is 0. The molecule has 1 amide bonds. The zero-order valence-corrected chi connectivity index (χ0v) is 19.8. The first kappa shape index (κ1) is 23.4. The van der Waals surface area contributed by atoms with Gasteiger partial charge in [-0.1, -0.05) is 83.1 Å². The quantitative estimate of drug-likeness (QED) is 0.386. The minimum atomic E-state index is -0.947. The average Bonchev–Trinajstić information content (AvgIpc) is 3.57. The van der Waals surface area contributed by atoms with Gasteiger partial charge in [0.05, 0.1) is 12.3 Å². The summed E-state index contributed by atoms with van der Waals surface area (Å²) in [5, 5.41) is 18.8. The van der Waals surface area contributed by atoms with Gasteiger partial charge in [0.1, 0.15) is 19.3 Å². The van der Waals surface area contributed by atoms with Gasteiger partial charge in [-0.3, -0.25) is 4.79 Å². The van der Waals surface area contributed by atoms with Crippen molar-refractivity contribution < 1.29 is 19.3 Å². The summed E-state index contributed by atoms with van der Waals surface area (Å²) in [6, 6.07) is 26.6. The lowest BCUT2D eigenvalue weighted by Crippen LogP contribution is -2.31. The van der Waals surface area contributed by atoms with E-state index in [2.05, 4.69) is 15.3 Å². The maximum Gasteiger partial charge on any atom is 0.255 e. The number of rotatable bonds is 7. The highest BCUT2D eigenvalue weighted by Crippen LogP contribution is 2.32. The molecule has 3 aromatic carbocycles. The molecule has 1 aromatic heterocycles. The number of hydrogen-bond donors (Lipinski definition) is 1. The number of aromatic nitrogens is 2. The highest BCUT2D eigenvalue weighted by Gasteiger charge is 2.38. The van der Waals surface area contributed by atoms with Crippen LogP contribution < -0.4 is 0 Å². The van der Waals surface area contributed by atoms with Crippen LogP contribution in [-0.2, 0) is 11.3 Å². The van der Waals surface area contributed by atoms with Crippen LogP contribution in [0.1, 0.15) is 46.2 Å². The Hall–Kier alpha value is -4.30. The summed E-state index contributed by atoms with van der Waals surface area (Å²) < 4.78 is 5.38. The molecule has 5 rings (SSSR count). The Balaban J connectivity index is 1.36. The Kier molecular flexibility index (Phi) is 6.86. The molecular weight excluding hydrogens is 456 g/mol. The summed E-state index contributed by atoms with van der Waals surface area (Å²) in [7, 11) is 1.47. The van der Waals surface area contributed by atoms with Gasteiger partial charge in [-0.25, -0.2) is 0 Å². The second-order valence-corrected chi connectivity index (χ2v) is 8.63. The Morgan fingerprint density at radius 1 is 1.06 bits per heavy atom.